The third-order valence-corrected chi connectivity index (χ3v) is 4.70. The van der Waals surface area contributed by atoms with Crippen LogP contribution in [0.25, 0.3) is 0 Å². The Hall–Kier alpha value is -2.58. The van der Waals surface area contributed by atoms with E-state index in [1.165, 1.54) is 7.11 Å². The Balaban J connectivity index is 1.57. The van der Waals surface area contributed by atoms with Crippen molar-refractivity contribution in [1.82, 2.24) is 0 Å². The first-order valence-electron chi connectivity index (χ1n) is 8.97. The number of carbonyl (C=O) groups is 2. The number of Topliss-reactive ketones (excluding diaryl/α,β-unsaturated/α-hetero) is 1. The quantitative estimate of drug-likeness (QED) is 0.748. The summed E-state index contributed by atoms with van der Waals surface area (Å²) >= 11 is 0. The maximum absolute atomic E-state index is 12.8. The maximum atomic E-state index is 12.8. The highest BCUT2D eigenvalue weighted by molar-refractivity contribution is 5.94. The summed E-state index contributed by atoms with van der Waals surface area (Å²) in [7, 11) is 1.36. The summed E-state index contributed by atoms with van der Waals surface area (Å²) in [6.45, 7) is 0.177. The molecular weight excluding hydrogens is 364 g/mol. The van der Waals surface area contributed by atoms with Crippen LogP contribution in [-0.2, 0) is 28.5 Å². The maximum Gasteiger partial charge on any atom is 0.338 e. The molecule has 1 unspecified atom stereocenters. The molecule has 2 aliphatic rings. The Labute approximate surface area is 162 Å². The van der Waals surface area contributed by atoms with Crippen LogP contribution in [0.5, 0.6) is 0 Å². The summed E-state index contributed by atoms with van der Waals surface area (Å²) in [4.78, 5) is 25.3. The van der Waals surface area contributed by atoms with E-state index in [1.54, 1.807) is 30.3 Å². The van der Waals surface area contributed by atoms with Gasteiger partial charge in [-0.05, 0) is 12.1 Å². The molecule has 0 saturated carbocycles. The second-order valence-corrected chi connectivity index (χ2v) is 6.51. The smallest absolute Gasteiger partial charge is 0.338 e. The van der Waals surface area contributed by atoms with Gasteiger partial charge in [-0.2, -0.15) is 0 Å². The Morgan fingerprint density at radius 3 is 2.36 bits per heavy atom. The second-order valence-electron chi connectivity index (χ2n) is 6.51. The summed E-state index contributed by atoms with van der Waals surface area (Å²) < 4.78 is 28.0. The lowest BCUT2D eigenvalue weighted by Gasteiger charge is -2.43. The minimum Gasteiger partial charge on any atom is -0.448 e. The van der Waals surface area contributed by atoms with Crippen LogP contribution in [0.15, 0.2) is 60.7 Å². The first-order chi connectivity index (χ1) is 13.7. The van der Waals surface area contributed by atoms with Crippen LogP contribution < -0.4 is 0 Å². The van der Waals surface area contributed by atoms with Crippen LogP contribution in [-0.4, -0.2) is 50.1 Å². The highest BCUT2D eigenvalue weighted by Crippen LogP contribution is 2.34. The topological polar surface area (TPSA) is 80.3 Å². The number of ketones is 1. The average molecular weight is 384 g/mol. The molecule has 7 heteroatoms. The molecule has 2 saturated heterocycles. The van der Waals surface area contributed by atoms with Crippen molar-refractivity contribution in [2.24, 2.45) is 0 Å². The fraction of sp³-hybridized carbons (Fsp3) is 0.333. The molecule has 0 N–H and O–H groups in total. The summed E-state index contributed by atoms with van der Waals surface area (Å²) in [6.07, 6.45) is -4.39. The number of methoxy groups -OCH3 is 1. The van der Waals surface area contributed by atoms with Gasteiger partial charge in [0, 0.05) is 12.7 Å². The lowest BCUT2D eigenvalue weighted by Crippen LogP contribution is -2.61. The Morgan fingerprint density at radius 1 is 1.00 bits per heavy atom. The molecule has 5 atom stereocenters. The van der Waals surface area contributed by atoms with Gasteiger partial charge in [0.1, 0.15) is 12.2 Å². The standard InChI is InChI=1S/C21H20O7/c1-24-21-16(22)18(27-19(23)13-8-4-2-5-9-13)17-15(26-21)12-25-20(28-17)14-10-6-3-7-11-14/h2-11,15,17-18,20-21H,12H2,1H3/t15-,17-,18-,20?,21-/m1/s1. The van der Waals surface area contributed by atoms with Gasteiger partial charge in [-0.3, -0.25) is 4.79 Å². The minimum atomic E-state index is -1.16. The Bertz CT molecular complexity index is 823. The molecule has 0 amide bonds. The van der Waals surface area contributed by atoms with Crippen molar-refractivity contribution in [3.8, 4) is 0 Å². The molecule has 0 aliphatic carbocycles. The van der Waals surface area contributed by atoms with E-state index in [0.29, 0.717) is 5.56 Å². The van der Waals surface area contributed by atoms with Crippen LogP contribution >= 0.6 is 0 Å². The number of hydrogen-bond acceptors (Lipinski definition) is 7. The first-order valence-corrected chi connectivity index (χ1v) is 8.97. The van der Waals surface area contributed by atoms with E-state index in [4.69, 9.17) is 23.7 Å². The van der Waals surface area contributed by atoms with Gasteiger partial charge >= 0.3 is 5.97 Å². The van der Waals surface area contributed by atoms with Crippen LogP contribution in [0.1, 0.15) is 22.2 Å². The minimum absolute atomic E-state index is 0.177. The van der Waals surface area contributed by atoms with Gasteiger partial charge in [0.25, 0.3) is 0 Å². The van der Waals surface area contributed by atoms with Gasteiger partial charge in [0.15, 0.2) is 12.4 Å². The molecule has 2 aromatic carbocycles. The van der Waals surface area contributed by atoms with Crippen molar-refractivity contribution in [2.75, 3.05) is 13.7 Å². The predicted molar refractivity (Wildman–Crippen MR) is 96.3 cm³/mol. The molecule has 0 bridgehead atoms. The summed E-state index contributed by atoms with van der Waals surface area (Å²) in [5.41, 5.74) is 1.15. The van der Waals surface area contributed by atoms with E-state index in [0.717, 1.165) is 5.56 Å². The summed E-state index contributed by atoms with van der Waals surface area (Å²) in [6, 6.07) is 17.8. The van der Waals surface area contributed by atoms with Gasteiger partial charge in [0.2, 0.25) is 12.1 Å². The number of esters is 1. The summed E-state index contributed by atoms with van der Waals surface area (Å²) in [5, 5.41) is 0. The first kappa shape index (κ1) is 18.8. The number of hydrogen-bond donors (Lipinski definition) is 0. The van der Waals surface area contributed by atoms with Crippen molar-refractivity contribution >= 4 is 11.8 Å². The van der Waals surface area contributed by atoms with E-state index in [9.17, 15) is 9.59 Å². The molecule has 0 aromatic heterocycles. The monoisotopic (exact) mass is 384 g/mol. The zero-order chi connectivity index (χ0) is 19.5. The van der Waals surface area contributed by atoms with Crippen molar-refractivity contribution < 1.29 is 33.3 Å². The lowest BCUT2D eigenvalue weighted by molar-refractivity contribution is -0.316. The fourth-order valence-electron chi connectivity index (χ4n) is 3.29. The molecule has 2 fully saturated rings. The van der Waals surface area contributed by atoms with Crippen molar-refractivity contribution in [1.29, 1.82) is 0 Å². The SMILES string of the molecule is CO[C@@H]1O[C@@H]2COC(c3ccccc3)O[C@H]2[C@H](OC(=O)c2ccccc2)C1=O. The predicted octanol–water partition coefficient (Wildman–Crippen LogP) is 2.27. The number of benzene rings is 2. The van der Waals surface area contributed by atoms with Crippen LogP contribution in [0, 0.1) is 0 Å². The van der Waals surface area contributed by atoms with Gasteiger partial charge in [-0.1, -0.05) is 48.5 Å². The molecule has 4 rings (SSSR count). The molecule has 2 aliphatic heterocycles. The van der Waals surface area contributed by atoms with E-state index in [-0.39, 0.29) is 6.61 Å². The molecule has 2 aromatic rings. The number of carbonyl (C=O) groups excluding carboxylic acids is 2. The van der Waals surface area contributed by atoms with Gasteiger partial charge < -0.3 is 23.7 Å². The highest BCUT2D eigenvalue weighted by atomic mass is 16.8. The van der Waals surface area contributed by atoms with E-state index < -0.39 is 42.6 Å². The van der Waals surface area contributed by atoms with Gasteiger partial charge in [-0.25, -0.2) is 4.79 Å². The molecule has 7 nitrogen and oxygen atoms in total. The molecule has 2 heterocycles. The van der Waals surface area contributed by atoms with E-state index in [2.05, 4.69) is 0 Å². The Kier molecular flexibility index (Phi) is 5.50. The number of rotatable bonds is 4. The molecule has 0 spiro atoms. The third-order valence-electron chi connectivity index (χ3n) is 4.70. The molecule has 0 radical (unpaired) electrons. The van der Waals surface area contributed by atoms with E-state index >= 15 is 0 Å². The molecule has 28 heavy (non-hydrogen) atoms. The summed E-state index contributed by atoms with van der Waals surface area (Å²) in [5.74, 6) is -1.11. The normalized spacial score (nSPS) is 29.8. The second kappa shape index (κ2) is 8.20. The van der Waals surface area contributed by atoms with Crippen molar-refractivity contribution in [3.05, 3.63) is 71.8 Å². The van der Waals surface area contributed by atoms with Gasteiger partial charge in [0.05, 0.1) is 12.2 Å². The Morgan fingerprint density at radius 2 is 1.68 bits per heavy atom. The van der Waals surface area contributed by atoms with Crippen molar-refractivity contribution in [2.45, 2.75) is 30.9 Å². The highest BCUT2D eigenvalue weighted by Gasteiger charge is 2.51. The van der Waals surface area contributed by atoms with Crippen molar-refractivity contribution in [3.63, 3.8) is 0 Å². The fourth-order valence-corrected chi connectivity index (χ4v) is 3.29. The number of ether oxygens (including phenoxy) is 5. The average Bonchev–Trinajstić information content (AvgIpc) is 2.76. The third kappa shape index (κ3) is 3.70. The molecular formula is C21H20O7. The molecule has 146 valence electrons. The number of fused-ring (bicyclic) bond motifs is 1. The van der Waals surface area contributed by atoms with Crippen LogP contribution in [0.4, 0.5) is 0 Å². The zero-order valence-electron chi connectivity index (χ0n) is 15.2. The zero-order valence-corrected chi connectivity index (χ0v) is 15.2. The van der Waals surface area contributed by atoms with Crippen LogP contribution in [0.2, 0.25) is 0 Å². The van der Waals surface area contributed by atoms with Gasteiger partial charge in [-0.15, -0.1) is 0 Å². The largest absolute Gasteiger partial charge is 0.448 e. The van der Waals surface area contributed by atoms with E-state index in [1.807, 2.05) is 30.3 Å². The van der Waals surface area contributed by atoms with Crippen LogP contribution in [0.3, 0.4) is 0 Å². The lowest BCUT2D eigenvalue weighted by atomic mass is 9.98.